The van der Waals surface area contributed by atoms with Crippen molar-refractivity contribution in [1.29, 1.82) is 0 Å². The first-order valence-corrected chi connectivity index (χ1v) is 11.9. The van der Waals surface area contributed by atoms with Gasteiger partial charge in [-0.1, -0.05) is 35.5 Å². The quantitative estimate of drug-likeness (QED) is 0.752. The van der Waals surface area contributed by atoms with E-state index in [0.29, 0.717) is 10.7 Å². The van der Waals surface area contributed by atoms with Crippen LogP contribution in [-0.2, 0) is 9.84 Å². The van der Waals surface area contributed by atoms with Gasteiger partial charge in [0, 0.05) is 16.5 Å². The predicted octanol–water partition coefficient (Wildman–Crippen LogP) is 3.53. The highest BCUT2D eigenvalue weighted by molar-refractivity contribution is 8.16. The summed E-state index contributed by atoms with van der Waals surface area (Å²) in [6.07, 6.45) is 0. The number of anilines is 1. The lowest BCUT2D eigenvalue weighted by atomic mass is 10.1. The molecule has 2 saturated heterocycles. The van der Waals surface area contributed by atoms with Crippen LogP contribution in [0.2, 0.25) is 0 Å². The van der Waals surface area contributed by atoms with Crippen LogP contribution in [0.5, 0.6) is 0 Å². The zero-order valence-electron chi connectivity index (χ0n) is 16.0. The summed E-state index contributed by atoms with van der Waals surface area (Å²) < 4.78 is 24.4. The number of hydrogen-bond donors (Lipinski definition) is 0. The number of aliphatic imine (C=N–C) groups is 1. The number of sulfone groups is 1. The zero-order valence-corrected chi connectivity index (χ0v) is 17.7. The SMILES string of the molecule is Cc1cccc(C(=O)N=C2SC3CS(=O)(=O)CC3N2c2ccc(C)c(C)c2)c1. The number of benzene rings is 2. The average Bonchev–Trinajstić information content (AvgIpc) is 3.08. The van der Waals surface area contributed by atoms with Crippen molar-refractivity contribution in [2.45, 2.75) is 32.1 Å². The van der Waals surface area contributed by atoms with Crippen LogP contribution < -0.4 is 4.90 Å². The van der Waals surface area contributed by atoms with E-state index in [0.717, 1.165) is 16.8 Å². The molecule has 4 rings (SSSR count). The highest BCUT2D eigenvalue weighted by Crippen LogP contribution is 2.41. The fourth-order valence-electron chi connectivity index (χ4n) is 3.67. The molecular weight excluding hydrogens is 392 g/mol. The van der Waals surface area contributed by atoms with Crippen LogP contribution in [0, 0.1) is 20.8 Å². The van der Waals surface area contributed by atoms with Gasteiger partial charge < -0.3 is 4.90 Å². The molecule has 146 valence electrons. The summed E-state index contributed by atoms with van der Waals surface area (Å²) in [6.45, 7) is 6.00. The van der Waals surface area contributed by atoms with Gasteiger partial charge in [-0.15, -0.1) is 0 Å². The topological polar surface area (TPSA) is 66.8 Å². The van der Waals surface area contributed by atoms with Gasteiger partial charge in [-0.2, -0.15) is 4.99 Å². The number of carbonyl (C=O) groups is 1. The lowest BCUT2D eigenvalue weighted by molar-refractivity contribution is 0.100. The molecule has 0 bridgehead atoms. The molecule has 0 N–H and O–H groups in total. The molecule has 2 aromatic rings. The lowest BCUT2D eigenvalue weighted by Gasteiger charge is -2.25. The molecular formula is C21H22N2O3S2. The number of rotatable bonds is 2. The van der Waals surface area contributed by atoms with Gasteiger partial charge in [0.25, 0.3) is 5.91 Å². The van der Waals surface area contributed by atoms with Crippen molar-refractivity contribution in [3.8, 4) is 0 Å². The van der Waals surface area contributed by atoms with Crippen molar-refractivity contribution in [2.24, 2.45) is 4.99 Å². The Hall–Kier alpha value is -2.12. The number of amides is 1. The Balaban J connectivity index is 1.75. The standard InChI is InChI=1S/C21H22N2O3S2/c1-13-5-4-6-16(9-13)20(24)22-21-23(17-8-7-14(2)15(3)10-17)18-11-28(25,26)12-19(18)27-21/h4-10,18-19H,11-12H2,1-3H3. The van der Waals surface area contributed by atoms with E-state index in [1.165, 1.54) is 17.3 Å². The van der Waals surface area contributed by atoms with Gasteiger partial charge in [0.15, 0.2) is 15.0 Å². The third-order valence-electron chi connectivity index (χ3n) is 5.30. The highest BCUT2D eigenvalue weighted by Gasteiger charge is 2.49. The number of hydrogen-bond acceptors (Lipinski definition) is 4. The van der Waals surface area contributed by atoms with Crippen molar-refractivity contribution >= 4 is 38.4 Å². The Morgan fingerprint density at radius 2 is 1.86 bits per heavy atom. The van der Waals surface area contributed by atoms with E-state index in [1.54, 1.807) is 6.07 Å². The monoisotopic (exact) mass is 414 g/mol. The molecule has 2 heterocycles. The molecule has 0 radical (unpaired) electrons. The Kier molecular flexibility index (Phi) is 4.83. The first-order valence-electron chi connectivity index (χ1n) is 9.17. The average molecular weight is 415 g/mol. The van der Waals surface area contributed by atoms with Crippen LogP contribution in [-0.4, -0.2) is 42.3 Å². The van der Waals surface area contributed by atoms with Crippen molar-refractivity contribution in [1.82, 2.24) is 0 Å². The Morgan fingerprint density at radius 3 is 2.57 bits per heavy atom. The minimum atomic E-state index is -3.08. The fraction of sp³-hybridized carbons (Fsp3) is 0.333. The second-order valence-corrected chi connectivity index (χ2v) is 10.9. The van der Waals surface area contributed by atoms with E-state index >= 15 is 0 Å². The Bertz CT molecular complexity index is 1090. The summed E-state index contributed by atoms with van der Waals surface area (Å²) >= 11 is 1.40. The van der Waals surface area contributed by atoms with E-state index in [9.17, 15) is 13.2 Å². The van der Waals surface area contributed by atoms with E-state index in [-0.39, 0.29) is 28.7 Å². The molecule has 2 unspecified atom stereocenters. The molecule has 5 nitrogen and oxygen atoms in total. The number of aryl methyl sites for hydroxylation is 3. The molecule has 0 saturated carbocycles. The molecule has 28 heavy (non-hydrogen) atoms. The number of nitrogens with zero attached hydrogens (tertiary/aromatic N) is 2. The normalized spacial score (nSPS) is 24.5. The van der Waals surface area contributed by atoms with Crippen molar-refractivity contribution in [3.05, 3.63) is 64.7 Å². The number of carbonyl (C=O) groups excluding carboxylic acids is 1. The fourth-order valence-corrected chi connectivity index (χ4v) is 7.58. The van der Waals surface area contributed by atoms with E-state index < -0.39 is 9.84 Å². The second-order valence-electron chi connectivity index (χ2n) is 7.51. The van der Waals surface area contributed by atoms with Gasteiger partial charge in [-0.25, -0.2) is 8.42 Å². The molecule has 7 heteroatoms. The van der Waals surface area contributed by atoms with Crippen LogP contribution in [0.3, 0.4) is 0 Å². The maximum absolute atomic E-state index is 12.8. The minimum absolute atomic E-state index is 0.0925. The molecule has 0 aliphatic carbocycles. The van der Waals surface area contributed by atoms with Gasteiger partial charge in [-0.3, -0.25) is 4.79 Å². The molecule has 0 aromatic heterocycles. The summed E-state index contributed by atoms with van der Waals surface area (Å²) in [5.41, 5.74) is 4.71. The zero-order chi connectivity index (χ0) is 20.1. The third-order valence-corrected chi connectivity index (χ3v) is 8.51. The predicted molar refractivity (Wildman–Crippen MR) is 115 cm³/mol. The highest BCUT2D eigenvalue weighted by atomic mass is 32.2. The molecule has 2 aliphatic heterocycles. The summed E-state index contributed by atoms with van der Waals surface area (Å²) in [7, 11) is -3.08. The van der Waals surface area contributed by atoms with Gasteiger partial charge in [-0.05, 0) is 56.2 Å². The Labute approximate surface area is 169 Å². The van der Waals surface area contributed by atoms with Gasteiger partial charge >= 0.3 is 0 Å². The van der Waals surface area contributed by atoms with Crippen molar-refractivity contribution in [3.63, 3.8) is 0 Å². The number of amidine groups is 1. The van der Waals surface area contributed by atoms with Crippen LogP contribution in [0.4, 0.5) is 5.69 Å². The third kappa shape index (κ3) is 3.61. The molecule has 0 spiro atoms. The van der Waals surface area contributed by atoms with Crippen LogP contribution in [0.25, 0.3) is 0 Å². The molecule has 2 aliphatic rings. The van der Waals surface area contributed by atoms with E-state index in [1.807, 2.05) is 62.1 Å². The van der Waals surface area contributed by atoms with Crippen LogP contribution in [0.1, 0.15) is 27.0 Å². The van der Waals surface area contributed by atoms with Crippen molar-refractivity contribution < 1.29 is 13.2 Å². The maximum Gasteiger partial charge on any atom is 0.279 e. The Morgan fingerprint density at radius 1 is 1.07 bits per heavy atom. The maximum atomic E-state index is 12.8. The van der Waals surface area contributed by atoms with Gasteiger partial charge in [0.1, 0.15) is 0 Å². The van der Waals surface area contributed by atoms with Gasteiger partial charge in [0.2, 0.25) is 0 Å². The summed E-state index contributed by atoms with van der Waals surface area (Å²) in [4.78, 5) is 19.1. The van der Waals surface area contributed by atoms with E-state index in [2.05, 4.69) is 4.99 Å². The number of fused-ring (bicyclic) bond motifs is 1. The second kappa shape index (κ2) is 7.04. The van der Waals surface area contributed by atoms with Crippen LogP contribution in [0.15, 0.2) is 47.5 Å². The first-order chi connectivity index (χ1) is 13.2. The molecule has 1 amide bonds. The van der Waals surface area contributed by atoms with Gasteiger partial charge in [0.05, 0.1) is 17.5 Å². The summed E-state index contributed by atoms with van der Waals surface area (Å²) in [6, 6.07) is 13.2. The molecule has 2 aromatic carbocycles. The van der Waals surface area contributed by atoms with Crippen LogP contribution >= 0.6 is 11.8 Å². The smallest absolute Gasteiger partial charge is 0.279 e. The molecule has 2 fully saturated rings. The lowest BCUT2D eigenvalue weighted by Crippen LogP contribution is -2.37. The first kappa shape index (κ1) is 19.2. The summed E-state index contributed by atoms with van der Waals surface area (Å²) in [5, 5.41) is 0.482. The summed E-state index contributed by atoms with van der Waals surface area (Å²) in [5.74, 6) is -0.0841. The van der Waals surface area contributed by atoms with E-state index in [4.69, 9.17) is 0 Å². The minimum Gasteiger partial charge on any atom is -0.316 e. The molecule has 2 atom stereocenters. The number of thioether (sulfide) groups is 1. The van der Waals surface area contributed by atoms with Crippen molar-refractivity contribution in [2.75, 3.05) is 16.4 Å². The largest absolute Gasteiger partial charge is 0.316 e.